The van der Waals surface area contributed by atoms with E-state index in [0.29, 0.717) is 35.4 Å². The summed E-state index contributed by atoms with van der Waals surface area (Å²) >= 11 is 11.9. The number of methoxy groups -OCH3 is 1. The minimum atomic E-state index is -0.605. The number of ether oxygens (including phenoxy) is 2. The van der Waals surface area contributed by atoms with Crippen molar-refractivity contribution in [3.05, 3.63) is 33.8 Å². The lowest BCUT2D eigenvalue weighted by Gasteiger charge is -2.18. The van der Waals surface area contributed by atoms with Gasteiger partial charge in [-0.3, -0.25) is 5.32 Å². The van der Waals surface area contributed by atoms with Crippen molar-refractivity contribution < 1.29 is 14.3 Å². The summed E-state index contributed by atoms with van der Waals surface area (Å²) in [7, 11) is 1.59. The van der Waals surface area contributed by atoms with E-state index in [1.807, 2.05) is 0 Å². The van der Waals surface area contributed by atoms with E-state index in [4.69, 9.17) is 32.7 Å². The quantitative estimate of drug-likeness (QED) is 0.621. The second-order valence-corrected chi connectivity index (χ2v) is 4.71. The SMILES string of the molecule is CCOC(=O)C(NCCOC)c1cc(Cl)cc(Cl)c1. The number of hydrogen-bond acceptors (Lipinski definition) is 4. The van der Waals surface area contributed by atoms with E-state index < -0.39 is 6.04 Å². The van der Waals surface area contributed by atoms with Gasteiger partial charge >= 0.3 is 5.97 Å². The molecule has 1 aromatic carbocycles. The molecule has 0 heterocycles. The van der Waals surface area contributed by atoms with Crippen LogP contribution >= 0.6 is 23.2 Å². The minimum Gasteiger partial charge on any atom is -0.465 e. The summed E-state index contributed by atoms with van der Waals surface area (Å²) in [5.41, 5.74) is 0.673. The van der Waals surface area contributed by atoms with Gasteiger partial charge in [-0.05, 0) is 30.7 Å². The lowest BCUT2D eigenvalue weighted by molar-refractivity contribution is -0.145. The summed E-state index contributed by atoms with van der Waals surface area (Å²) in [6.45, 7) is 3.08. The van der Waals surface area contributed by atoms with Crippen LogP contribution in [0.3, 0.4) is 0 Å². The van der Waals surface area contributed by atoms with Crippen LogP contribution in [0.2, 0.25) is 10.0 Å². The molecule has 0 aromatic heterocycles. The molecule has 0 aliphatic rings. The third-order valence-corrected chi connectivity index (χ3v) is 2.83. The number of esters is 1. The topological polar surface area (TPSA) is 47.6 Å². The summed E-state index contributed by atoms with van der Waals surface area (Å²) in [4.78, 5) is 11.9. The van der Waals surface area contributed by atoms with E-state index in [9.17, 15) is 4.79 Å². The van der Waals surface area contributed by atoms with Crippen molar-refractivity contribution in [3.8, 4) is 0 Å². The highest BCUT2D eigenvalue weighted by Gasteiger charge is 2.22. The molecule has 1 rings (SSSR count). The fourth-order valence-corrected chi connectivity index (χ4v) is 2.15. The number of nitrogens with one attached hydrogen (secondary N) is 1. The van der Waals surface area contributed by atoms with Crippen molar-refractivity contribution in [2.24, 2.45) is 0 Å². The van der Waals surface area contributed by atoms with Crippen molar-refractivity contribution in [1.82, 2.24) is 5.32 Å². The molecule has 0 aliphatic carbocycles. The number of carbonyl (C=O) groups is 1. The number of halogens is 2. The van der Waals surface area contributed by atoms with Crippen molar-refractivity contribution in [1.29, 1.82) is 0 Å². The Bertz CT molecular complexity index is 406. The van der Waals surface area contributed by atoms with Crippen LogP contribution in [-0.4, -0.2) is 32.8 Å². The van der Waals surface area contributed by atoms with Gasteiger partial charge in [0.1, 0.15) is 6.04 Å². The summed E-state index contributed by atoms with van der Waals surface area (Å²) in [6.07, 6.45) is 0. The van der Waals surface area contributed by atoms with E-state index in [-0.39, 0.29) is 5.97 Å². The van der Waals surface area contributed by atoms with Gasteiger partial charge in [-0.2, -0.15) is 0 Å². The molecule has 0 spiro atoms. The Morgan fingerprint density at radius 1 is 1.32 bits per heavy atom. The number of benzene rings is 1. The Kier molecular flexibility index (Phi) is 7.16. The zero-order valence-electron chi connectivity index (χ0n) is 10.9. The fourth-order valence-electron chi connectivity index (χ4n) is 1.61. The van der Waals surface area contributed by atoms with Crippen LogP contribution < -0.4 is 5.32 Å². The summed E-state index contributed by atoms with van der Waals surface area (Å²) in [5, 5.41) is 4.01. The van der Waals surface area contributed by atoms with Gasteiger partial charge in [-0.25, -0.2) is 4.79 Å². The number of hydrogen-bond donors (Lipinski definition) is 1. The van der Waals surface area contributed by atoms with Gasteiger partial charge in [-0.1, -0.05) is 23.2 Å². The van der Waals surface area contributed by atoms with Crippen molar-refractivity contribution >= 4 is 29.2 Å². The van der Waals surface area contributed by atoms with Crippen molar-refractivity contribution in [2.45, 2.75) is 13.0 Å². The Balaban J connectivity index is 2.90. The molecule has 0 saturated carbocycles. The molecule has 0 saturated heterocycles. The number of carbonyl (C=O) groups excluding carboxylic acids is 1. The minimum absolute atomic E-state index is 0.315. The van der Waals surface area contributed by atoms with Gasteiger partial charge < -0.3 is 9.47 Å². The Labute approximate surface area is 123 Å². The van der Waals surface area contributed by atoms with Crippen LogP contribution in [0.15, 0.2) is 18.2 Å². The van der Waals surface area contributed by atoms with Gasteiger partial charge in [-0.15, -0.1) is 0 Å². The lowest BCUT2D eigenvalue weighted by Crippen LogP contribution is -2.32. The monoisotopic (exact) mass is 305 g/mol. The first-order valence-corrected chi connectivity index (χ1v) is 6.69. The molecule has 4 nitrogen and oxygen atoms in total. The molecule has 1 aromatic rings. The predicted octanol–water partition coefficient (Wildman–Crippen LogP) is 2.83. The molecule has 0 fully saturated rings. The van der Waals surface area contributed by atoms with E-state index in [1.54, 1.807) is 32.2 Å². The fraction of sp³-hybridized carbons (Fsp3) is 0.462. The maximum Gasteiger partial charge on any atom is 0.327 e. The summed E-state index contributed by atoms with van der Waals surface area (Å²) < 4.78 is 9.99. The third kappa shape index (κ3) is 5.37. The molecule has 6 heteroatoms. The first kappa shape index (κ1) is 16.2. The predicted molar refractivity (Wildman–Crippen MR) is 75.7 cm³/mol. The third-order valence-electron chi connectivity index (χ3n) is 2.40. The van der Waals surface area contributed by atoms with Crippen LogP contribution in [0.25, 0.3) is 0 Å². The molecule has 1 atom stereocenters. The molecule has 1 unspecified atom stereocenters. The average molecular weight is 306 g/mol. The largest absolute Gasteiger partial charge is 0.465 e. The van der Waals surface area contributed by atoms with Gasteiger partial charge in [0.05, 0.1) is 13.2 Å². The van der Waals surface area contributed by atoms with E-state index in [1.165, 1.54) is 0 Å². The second kappa shape index (κ2) is 8.38. The highest BCUT2D eigenvalue weighted by Crippen LogP contribution is 2.24. The van der Waals surface area contributed by atoms with Gasteiger partial charge in [0.15, 0.2) is 0 Å². The Morgan fingerprint density at radius 3 is 2.47 bits per heavy atom. The first-order valence-electron chi connectivity index (χ1n) is 5.93. The molecule has 0 radical (unpaired) electrons. The normalized spacial score (nSPS) is 12.2. The van der Waals surface area contributed by atoms with Crippen LogP contribution in [0.1, 0.15) is 18.5 Å². The van der Waals surface area contributed by atoms with Crippen LogP contribution in [0.5, 0.6) is 0 Å². The van der Waals surface area contributed by atoms with Gasteiger partial charge in [0.2, 0.25) is 0 Å². The van der Waals surface area contributed by atoms with Crippen LogP contribution in [0.4, 0.5) is 0 Å². The van der Waals surface area contributed by atoms with Gasteiger partial charge in [0.25, 0.3) is 0 Å². The zero-order chi connectivity index (χ0) is 14.3. The Hall–Kier alpha value is -0.810. The van der Waals surface area contributed by atoms with E-state index in [0.717, 1.165) is 0 Å². The highest BCUT2D eigenvalue weighted by atomic mass is 35.5. The first-order chi connectivity index (χ1) is 9.08. The van der Waals surface area contributed by atoms with Gasteiger partial charge in [0, 0.05) is 23.7 Å². The molecule has 0 amide bonds. The summed E-state index contributed by atoms with van der Waals surface area (Å²) in [6, 6.07) is 4.39. The van der Waals surface area contributed by atoms with Crippen molar-refractivity contribution in [3.63, 3.8) is 0 Å². The summed E-state index contributed by atoms with van der Waals surface area (Å²) in [5.74, 6) is -0.364. The smallest absolute Gasteiger partial charge is 0.327 e. The highest BCUT2D eigenvalue weighted by molar-refractivity contribution is 6.34. The molecule has 0 aliphatic heterocycles. The molecular formula is C13H17Cl2NO3. The lowest BCUT2D eigenvalue weighted by atomic mass is 10.1. The molecule has 1 N–H and O–H groups in total. The maximum absolute atomic E-state index is 11.9. The average Bonchev–Trinajstić information content (AvgIpc) is 2.33. The van der Waals surface area contributed by atoms with Crippen molar-refractivity contribution in [2.75, 3.05) is 26.9 Å². The second-order valence-electron chi connectivity index (χ2n) is 3.83. The van der Waals surface area contributed by atoms with E-state index in [2.05, 4.69) is 5.32 Å². The molecule has 19 heavy (non-hydrogen) atoms. The van der Waals surface area contributed by atoms with Crippen LogP contribution in [0, 0.1) is 0 Å². The molecular weight excluding hydrogens is 289 g/mol. The molecule has 0 bridgehead atoms. The molecule has 106 valence electrons. The standard InChI is InChI=1S/C13H17Cl2NO3/c1-3-19-13(17)12(16-4-5-18-2)9-6-10(14)8-11(15)7-9/h6-8,12,16H,3-5H2,1-2H3. The maximum atomic E-state index is 11.9. The number of rotatable bonds is 7. The van der Waals surface area contributed by atoms with Crippen LogP contribution in [-0.2, 0) is 14.3 Å². The Morgan fingerprint density at radius 2 is 1.95 bits per heavy atom. The zero-order valence-corrected chi connectivity index (χ0v) is 12.4. The van der Waals surface area contributed by atoms with E-state index >= 15 is 0 Å².